The molecule has 0 saturated carbocycles. The van der Waals surface area contributed by atoms with Crippen LogP contribution in [0.25, 0.3) is 0 Å². The van der Waals surface area contributed by atoms with Gasteiger partial charge in [-0.05, 0) is 0 Å². The van der Waals surface area contributed by atoms with E-state index in [1.807, 2.05) is 41.5 Å². The molecule has 8 N–H and O–H groups in total. The first-order valence-corrected chi connectivity index (χ1v) is 10.9. The van der Waals surface area contributed by atoms with Crippen molar-refractivity contribution in [3.63, 3.8) is 0 Å². The lowest BCUT2D eigenvalue weighted by Crippen LogP contribution is -2.59. The van der Waals surface area contributed by atoms with Gasteiger partial charge in [-0.2, -0.15) is 0 Å². The zero-order valence-electron chi connectivity index (χ0n) is 20.4. The minimum Gasteiger partial charge on any atom is -0.394 e. The average Bonchev–Trinajstić information content (AvgIpc) is 2.83. The van der Waals surface area contributed by atoms with Crippen molar-refractivity contribution in [2.75, 3.05) is 27.4 Å². The van der Waals surface area contributed by atoms with Crippen LogP contribution in [-0.4, -0.2) is 130 Å². The first-order valence-electron chi connectivity index (χ1n) is 10.9. The van der Waals surface area contributed by atoms with Crippen LogP contribution in [0.3, 0.4) is 0 Å². The SMILES string of the molecule is CC.CC.CC.CO[C@@H]1[C@@H](O)[C@H](O)O[C@H](CO)[C@H]1O.CO[C@@H]1[C@@H](O)[C@H](O)[C@@H](CO)O[C@@H]1O. The van der Waals surface area contributed by atoms with Gasteiger partial charge >= 0.3 is 0 Å². The first-order chi connectivity index (χ1) is 15.2. The highest BCUT2D eigenvalue weighted by Gasteiger charge is 2.44. The third kappa shape index (κ3) is 10.6. The van der Waals surface area contributed by atoms with Crippen molar-refractivity contribution in [1.82, 2.24) is 0 Å². The lowest BCUT2D eigenvalue weighted by molar-refractivity contribution is -0.291. The number of hydrogen-bond acceptors (Lipinski definition) is 12. The minimum atomic E-state index is -1.44. The molecule has 0 radical (unpaired) electrons. The molecule has 2 heterocycles. The molecule has 0 spiro atoms. The van der Waals surface area contributed by atoms with Gasteiger partial charge in [0.05, 0.1) is 13.2 Å². The monoisotopic (exact) mass is 478 g/mol. The van der Waals surface area contributed by atoms with Gasteiger partial charge in [0.15, 0.2) is 12.6 Å². The predicted octanol–water partition coefficient (Wildman–Crippen LogP) is -2.06. The summed E-state index contributed by atoms with van der Waals surface area (Å²) in [6.07, 6.45) is -11.6. The fraction of sp³-hybridized carbons (Fsp3) is 1.00. The summed E-state index contributed by atoms with van der Waals surface area (Å²) >= 11 is 0. The Hall–Kier alpha value is -0.480. The standard InChI is InChI=1S/2C7H14O6.3C2H6/c1-12-6-4(9)3(2-8)13-7(11)5(6)10;1-12-6-5(10)4(9)3(2-8)13-7(6)11;3*1-2/h2*3-11H,2H2,1H3;3*1-2H3/t3-,4-,5-,6+,7-;3-,4-,5+,6-,7+;;;/m11.../s1. The summed E-state index contributed by atoms with van der Waals surface area (Å²) in [5, 5.41) is 73.2. The molecule has 0 bridgehead atoms. The predicted molar refractivity (Wildman–Crippen MR) is 116 cm³/mol. The van der Waals surface area contributed by atoms with E-state index in [0.717, 1.165) is 0 Å². The molecular weight excluding hydrogens is 432 g/mol. The van der Waals surface area contributed by atoms with E-state index in [1.165, 1.54) is 14.2 Å². The van der Waals surface area contributed by atoms with Crippen LogP contribution in [0, 0.1) is 0 Å². The van der Waals surface area contributed by atoms with E-state index in [2.05, 4.69) is 0 Å². The lowest BCUT2D eigenvalue weighted by Gasteiger charge is -2.39. The smallest absolute Gasteiger partial charge is 0.184 e. The normalized spacial score (nSPS) is 38.2. The molecule has 10 atom stereocenters. The third-order valence-electron chi connectivity index (χ3n) is 4.23. The van der Waals surface area contributed by atoms with Crippen molar-refractivity contribution in [2.45, 2.75) is 103 Å². The van der Waals surface area contributed by atoms with Crippen molar-refractivity contribution >= 4 is 0 Å². The van der Waals surface area contributed by atoms with Crippen LogP contribution in [0.4, 0.5) is 0 Å². The van der Waals surface area contributed by atoms with E-state index in [0.29, 0.717) is 0 Å². The van der Waals surface area contributed by atoms with Gasteiger partial charge in [0, 0.05) is 14.2 Å². The Balaban J connectivity index is -0.000000426. The highest BCUT2D eigenvalue weighted by molar-refractivity contribution is 4.89. The van der Waals surface area contributed by atoms with Gasteiger partial charge in [-0.1, -0.05) is 41.5 Å². The van der Waals surface area contributed by atoms with Crippen molar-refractivity contribution < 1.29 is 59.8 Å². The molecular formula is C20H46O12. The van der Waals surface area contributed by atoms with Gasteiger partial charge < -0.3 is 59.8 Å². The van der Waals surface area contributed by atoms with Crippen molar-refractivity contribution in [3.8, 4) is 0 Å². The van der Waals surface area contributed by atoms with Gasteiger partial charge in [-0.25, -0.2) is 0 Å². The molecule has 2 saturated heterocycles. The van der Waals surface area contributed by atoms with Crippen LogP contribution < -0.4 is 0 Å². The third-order valence-corrected chi connectivity index (χ3v) is 4.23. The number of rotatable bonds is 4. The van der Waals surface area contributed by atoms with E-state index in [-0.39, 0.29) is 0 Å². The van der Waals surface area contributed by atoms with Crippen molar-refractivity contribution in [3.05, 3.63) is 0 Å². The molecule has 2 rings (SSSR count). The summed E-state index contributed by atoms with van der Waals surface area (Å²) in [5.74, 6) is 0. The maximum atomic E-state index is 9.44. The van der Waals surface area contributed by atoms with Crippen LogP contribution in [0.1, 0.15) is 41.5 Å². The van der Waals surface area contributed by atoms with Gasteiger partial charge in [-0.15, -0.1) is 0 Å². The Labute approximate surface area is 190 Å². The topological polar surface area (TPSA) is 199 Å². The Morgan fingerprint density at radius 2 is 0.906 bits per heavy atom. The largest absolute Gasteiger partial charge is 0.394 e. The molecule has 0 aliphatic carbocycles. The van der Waals surface area contributed by atoms with Gasteiger partial charge in [0.25, 0.3) is 0 Å². The summed E-state index contributed by atoms with van der Waals surface area (Å²) in [5.41, 5.74) is 0. The maximum absolute atomic E-state index is 9.44. The summed E-state index contributed by atoms with van der Waals surface area (Å²) < 4.78 is 19.0. The van der Waals surface area contributed by atoms with Crippen molar-refractivity contribution in [2.24, 2.45) is 0 Å². The fourth-order valence-corrected chi connectivity index (χ4v) is 2.67. The fourth-order valence-electron chi connectivity index (χ4n) is 2.67. The molecule has 12 nitrogen and oxygen atoms in total. The van der Waals surface area contributed by atoms with E-state index in [1.54, 1.807) is 0 Å². The van der Waals surface area contributed by atoms with E-state index < -0.39 is 74.6 Å². The molecule has 2 aliphatic heterocycles. The van der Waals surface area contributed by atoms with Crippen LogP contribution in [0.15, 0.2) is 0 Å². The number of ether oxygens (including phenoxy) is 4. The summed E-state index contributed by atoms with van der Waals surface area (Å²) in [7, 11) is 2.58. The Morgan fingerprint density at radius 1 is 0.531 bits per heavy atom. The second-order valence-corrected chi connectivity index (χ2v) is 5.86. The van der Waals surface area contributed by atoms with E-state index in [9.17, 15) is 25.5 Å². The molecule has 2 aliphatic rings. The zero-order valence-corrected chi connectivity index (χ0v) is 20.4. The lowest BCUT2D eigenvalue weighted by atomic mass is 9.99. The molecule has 198 valence electrons. The minimum absolute atomic E-state index is 0.440. The number of aliphatic hydroxyl groups excluding tert-OH is 8. The van der Waals surface area contributed by atoms with Crippen molar-refractivity contribution in [1.29, 1.82) is 0 Å². The molecule has 2 fully saturated rings. The Bertz CT molecular complexity index is 401. The number of hydrogen-bond donors (Lipinski definition) is 8. The molecule has 32 heavy (non-hydrogen) atoms. The summed E-state index contributed by atoms with van der Waals surface area (Å²) in [4.78, 5) is 0. The van der Waals surface area contributed by atoms with Crippen LogP contribution in [0.5, 0.6) is 0 Å². The van der Waals surface area contributed by atoms with Crippen LogP contribution in [0.2, 0.25) is 0 Å². The summed E-state index contributed by atoms with van der Waals surface area (Å²) in [6.45, 7) is 11.1. The highest BCUT2D eigenvalue weighted by atomic mass is 16.7. The van der Waals surface area contributed by atoms with Gasteiger partial charge in [0.1, 0.15) is 48.8 Å². The summed E-state index contributed by atoms with van der Waals surface area (Å²) in [6, 6.07) is 0. The molecule has 0 amide bonds. The zero-order chi connectivity index (χ0) is 26.0. The first kappa shape index (κ1) is 36.1. The quantitative estimate of drug-likeness (QED) is 0.220. The Kier molecular flexibility index (Phi) is 23.8. The average molecular weight is 479 g/mol. The number of aliphatic hydroxyl groups is 8. The van der Waals surface area contributed by atoms with Crippen LogP contribution in [-0.2, 0) is 18.9 Å². The number of methoxy groups -OCH3 is 2. The Morgan fingerprint density at radius 3 is 1.28 bits per heavy atom. The highest BCUT2D eigenvalue weighted by Crippen LogP contribution is 2.22. The van der Waals surface area contributed by atoms with Crippen LogP contribution >= 0.6 is 0 Å². The molecule has 0 unspecified atom stereocenters. The van der Waals surface area contributed by atoms with Gasteiger partial charge in [0.2, 0.25) is 0 Å². The van der Waals surface area contributed by atoms with Gasteiger partial charge in [-0.3, -0.25) is 0 Å². The van der Waals surface area contributed by atoms with E-state index in [4.69, 9.17) is 34.3 Å². The molecule has 0 aromatic carbocycles. The molecule has 0 aromatic heterocycles. The second-order valence-electron chi connectivity index (χ2n) is 5.86. The molecule has 12 heteroatoms. The molecule has 0 aromatic rings. The maximum Gasteiger partial charge on any atom is 0.184 e. The second kappa shape index (κ2) is 21.1. The van der Waals surface area contributed by atoms with E-state index >= 15 is 0 Å².